The molecule has 3 aromatic heterocycles. The third kappa shape index (κ3) is 6.80. The SMILES string of the molecule is Cc1cc(SCC2=C(C(=O)O)N3C(=O)[C@@H](NC(=O)/C(=N\O[C@H](C(=O)O)c4ccc(O)c(O)c4)c4cnc(N)s4)[C@H]3SC2)n2nc(C(=O)O)nc2n1. The number of nitrogens with two attached hydrogens (primary N) is 1. The van der Waals surface area contributed by atoms with Gasteiger partial charge in [-0.3, -0.25) is 14.5 Å². The Kier molecular flexibility index (Phi) is 9.42. The molecule has 8 N–H and O–H groups in total. The van der Waals surface area contributed by atoms with Gasteiger partial charge in [-0.1, -0.05) is 22.6 Å². The molecule has 0 aliphatic carbocycles. The van der Waals surface area contributed by atoms with E-state index >= 15 is 0 Å². The largest absolute Gasteiger partial charge is 0.504 e. The van der Waals surface area contributed by atoms with Gasteiger partial charge in [0.1, 0.15) is 22.1 Å². The summed E-state index contributed by atoms with van der Waals surface area (Å²) in [5.41, 5.74) is 5.74. The lowest BCUT2D eigenvalue weighted by molar-refractivity contribution is -0.151. The number of aliphatic carboxylic acids is 2. The van der Waals surface area contributed by atoms with Crippen LogP contribution >= 0.6 is 34.9 Å². The van der Waals surface area contributed by atoms with E-state index in [1.807, 2.05) is 0 Å². The van der Waals surface area contributed by atoms with E-state index in [1.165, 1.54) is 28.5 Å². The topological polar surface area (TPSA) is 305 Å². The molecular formula is C28H23N9O11S3. The predicted molar refractivity (Wildman–Crippen MR) is 177 cm³/mol. The molecule has 264 valence electrons. The number of nitrogen functional groups attached to an aromatic ring is 1. The highest BCUT2D eigenvalue weighted by atomic mass is 32.2. The summed E-state index contributed by atoms with van der Waals surface area (Å²) < 4.78 is 1.23. The Bertz CT molecular complexity index is 2200. The number of amides is 2. The molecule has 6 rings (SSSR count). The Morgan fingerprint density at radius 3 is 2.55 bits per heavy atom. The number of rotatable bonds is 12. The van der Waals surface area contributed by atoms with Gasteiger partial charge in [-0.2, -0.15) is 9.50 Å². The Morgan fingerprint density at radius 1 is 1.14 bits per heavy atom. The van der Waals surface area contributed by atoms with Crippen molar-refractivity contribution in [1.29, 1.82) is 0 Å². The molecule has 2 amide bonds. The number of oxime groups is 1. The normalized spacial score (nSPS) is 17.9. The van der Waals surface area contributed by atoms with Crippen LogP contribution in [0.25, 0.3) is 5.78 Å². The number of benzene rings is 1. The number of carbonyl (C=O) groups is 5. The number of fused-ring (bicyclic) bond motifs is 2. The van der Waals surface area contributed by atoms with Gasteiger partial charge in [0, 0.05) is 29.0 Å². The first kappa shape index (κ1) is 34.9. The number of carboxylic acids is 3. The second-order valence-electron chi connectivity index (χ2n) is 10.7. The van der Waals surface area contributed by atoms with Crippen molar-refractivity contribution in [3.05, 3.63) is 63.7 Å². The lowest BCUT2D eigenvalue weighted by Gasteiger charge is -2.49. The highest BCUT2D eigenvalue weighted by molar-refractivity contribution is 8.01. The van der Waals surface area contributed by atoms with E-state index < -0.39 is 70.3 Å². The van der Waals surface area contributed by atoms with Gasteiger partial charge in [-0.25, -0.2) is 24.4 Å². The Labute approximate surface area is 296 Å². The van der Waals surface area contributed by atoms with Gasteiger partial charge in [-0.05, 0) is 30.7 Å². The number of aryl methyl sites for hydroxylation is 1. The number of thiazole rings is 1. The molecular weight excluding hydrogens is 735 g/mol. The van der Waals surface area contributed by atoms with Crippen LogP contribution in [0.4, 0.5) is 5.13 Å². The first-order valence-corrected chi connectivity index (χ1v) is 17.1. The van der Waals surface area contributed by atoms with Crippen LogP contribution in [0.15, 0.2) is 51.9 Å². The molecule has 5 heterocycles. The predicted octanol–water partition coefficient (Wildman–Crippen LogP) is 0.658. The minimum absolute atomic E-state index is 0.0351. The summed E-state index contributed by atoms with van der Waals surface area (Å²) in [6.45, 7) is 1.67. The van der Waals surface area contributed by atoms with E-state index in [1.54, 1.807) is 13.0 Å². The molecule has 2 aliphatic rings. The number of hydrogen-bond acceptors (Lipinski definition) is 17. The number of carbonyl (C=O) groups excluding carboxylic acids is 2. The lowest BCUT2D eigenvalue weighted by Crippen LogP contribution is -2.71. The molecule has 0 spiro atoms. The van der Waals surface area contributed by atoms with Gasteiger partial charge < -0.3 is 41.4 Å². The number of carboxylic acid groups (broad SMARTS) is 3. The third-order valence-corrected chi connectivity index (χ3v) is 10.5. The average Bonchev–Trinajstić information content (AvgIpc) is 3.71. The molecule has 1 aromatic carbocycles. The van der Waals surface area contributed by atoms with Gasteiger partial charge >= 0.3 is 17.9 Å². The van der Waals surface area contributed by atoms with Crippen molar-refractivity contribution >= 4 is 81.2 Å². The molecule has 2 aliphatic heterocycles. The highest BCUT2D eigenvalue weighted by Crippen LogP contribution is 2.42. The van der Waals surface area contributed by atoms with Crippen LogP contribution in [0.1, 0.15) is 32.9 Å². The fourth-order valence-electron chi connectivity index (χ4n) is 4.97. The number of β-lactam (4-membered cyclic amide) rings is 1. The van der Waals surface area contributed by atoms with Crippen molar-refractivity contribution in [3.8, 4) is 11.5 Å². The number of phenolic OH excluding ortho intramolecular Hbond substituents is 2. The van der Waals surface area contributed by atoms with E-state index in [4.69, 9.17) is 10.6 Å². The molecule has 0 bridgehead atoms. The van der Waals surface area contributed by atoms with E-state index in [9.17, 15) is 49.5 Å². The summed E-state index contributed by atoms with van der Waals surface area (Å²) in [5.74, 6) is -7.32. The molecule has 0 unspecified atom stereocenters. The number of nitrogens with zero attached hydrogens (tertiary/aromatic N) is 7. The molecule has 0 radical (unpaired) electrons. The summed E-state index contributed by atoms with van der Waals surface area (Å²) >= 11 is 3.15. The summed E-state index contributed by atoms with van der Waals surface area (Å²) in [6, 6.07) is 3.57. The molecule has 23 heteroatoms. The maximum atomic E-state index is 13.5. The molecule has 3 atom stereocenters. The fraction of sp³-hybridized carbons (Fsp3) is 0.214. The van der Waals surface area contributed by atoms with Crippen LogP contribution in [0.5, 0.6) is 11.5 Å². The van der Waals surface area contributed by atoms with Crippen LogP contribution in [0.2, 0.25) is 0 Å². The Balaban J connectivity index is 1.21. The van der Waals surface area contributed by atoms with Gasteiger partial charge in [0.05, 0.1) is 4.88 Å². The van der Waals surface area contributed by atoms with Gasteiger partial charge in [0.2, 0.25) is 6.10 Å². The number of aromatic carboxylic acids is 1. The minimum atomic E-state index is -1.84. The van der Waals surface area contributed by atoms with E-state index in [-0.39, 0.29) is 38.6 Å². The third-order valence-electron chi connectivity index (χ3n) is 7.28. The fourth-order valence-corrected chi connectivity index (χ4v) is 8.16. The number of aromatic nitrogens is 5. The molecule has 0 saturated carbocycles. The average molecular weight is 758 g/mol. The maximum Gasteiger partial charge on any atom is 0.375 e. The zero-order chi connectivity index (χ0) is 36.7. The maximum absolute atomic E-state index is 13.5. The van der Waals surface area contributed by atoms with Crippen LogP contribution in [0, 0.1) is 6.92 Å². The first-order chi connectivity index (χ1) is 24.2. The van der Waals surface area contributed by atoms with Crippen LogP contribution in [-0.4, -0.2) is 113 Å². The number of aromatic hydroxyl groups is 2. The number of phenols is 2. The molecule has 4 aromatic rings. The molecule has 20 nitrogen and oxygen atoms in total. The number of hydrogen-bond donors (Lipinski definition) is 7. The second-order valence-corrected chi connectivity index (χ2v) is 13.8. The Morgan fingerprint density at radius 2 is 1.90 bits per heavy atom. The summed E-state index contributed by atoms with van der Waals surface area (Å²) in [6.07, 6.45) is -0.654. The van der Waals surface area contributed by atoms with Crippen molar-refractivity contribution in [2.24, 2.45) is 5.16 Å². The van der Waals surface area contributed by atoms with E-state index in [0.29, 0.717) is 16.3 Å². The summed E-state index contributed by atoms with van der Waals surface area (Å²) in [4.78, 5) is 81.0. The second kappa shape index (κ2) is 13.8. The van der Waals surface area contributed by atoms with Gasteiger partial charge in [-0.15, -0.1) is 28.6 Å². The van der Waals surface area contributed by atoms with E-state index in [2.05, 4.69) is 30.5 Å². The van der Waals surface area contributed by atoms with Crippen molar-refractivity contribution in [1.82, 2.24) is 34.8 Å². The number of thioether (sulfide) groups is 2. The van der Waals surface area contributed by atoms with Crippen LogP contribution in [0.3, 0.4) is 0 Å². The van der Waals surface area contributed by atoms with Crippen molar-refractivity contribution in [2.45, 2.75) is 29.5 Å². The Hall–Kier alpha value is -5.94. The number of anilines is 1. The highest BCUT2D eigenvalue weighted by Gasteiger charge is 2.54. The summed E-state index contributed by atoms with van der Waals surface area (Å²) in [7, 11) is 0. The zero-order valence-corrected chi connectivity index (χ0v) is 28.1. The van der Waals surface area contributed by atoms with Crippen molar-refractivity contribution in [3.63, 3.8) is 0 Å². The standard InChI is InChI=1S/C28H23N9O11S3/c1-9-4-15(37-28(31-9)33-20(34-37)26(46)47)49-7-11-8-50-23-17(22(41)36(23)18(11)24(42)43)32-21(40)16(14-6-30-27(29)51-14)35-48-19(25(44)45)10-2-3-12(38)13(39)5-10/h2-6,17,19,23,38-39H,7-8H2,1H3,(H2,29,30)(H,32,40)(H,42,43)(H,44,45)(H,46,47)/b35-16-/t17-,19+,23-/m1/s1. The monoisotopic (exact) mass is 757 g/mol. The van der Waals surface area contributed by atoms with Crippen molar-refractivity contribution in [2.75, 3.05) is 17.2 Å². The summed E-state index contributed by atoms with van der Waals surface area (Å²) in [5, 5.41) is 58.4. The molecule has 1 fully saturated rings. The van der Waals surface area contributed by atoms with Crippen LogP contribution < -0.4 is 11.1 Å². The smallest absolute Gasteiger partial charge is 0.375 e. The molecule has 1 saturated heterocycles. The lowest BCUT2D eigenvalue weighted by atomic mass is 10.0. The molecule has 51 heavy (non-hydrogen) atoms. The van der Waals surface area contributed by atoms with E-state index in [0.717, 1.165) is 40.1 Å². The van der Waals surface area contributed by atoms with Gasteiger partial charge in [0.15, 0.2) is 22.3 Å². The van der Waals surface area contributed by atoms with Gasteiger partial charge in [0.25, 0.3) is 23.4 Å². The van der Waals surface area contributed by atoms with Crippen molar-refractivity contribution < 1.29 is 54.3 Å². The number of nitrogens with one attached hydrogen (secondary N) is 1. The zero-order valence-electron chi connectivity index (χ0n) is 25.7. The first-order valence-electron chi connectivity index (χ1n) is 14.2. The minimum Gasteiger partial charge on any atom is -0.504 e. The van der Waals surface area contributed by atoms with Crippen LogP contribution in [-0.2, 0) is 24.0 Å². The quantitative estimate of drug-likeness (QED) is 0.0261.